The average Bonchev–Trinajstić information content (AvgIpc) is 2.64. The van der Waals surface area contributed by atoms with Crippen LogP contribution in [0.1, 0.15) is 6.92 Å². The Morgan fingerprint density at radius 1 is 1.82 bits per heavy atom. The van der Waals surface area contributed by atoms with Crippen molar-refractivity contribution in [2.45, 2.75) is 13.0 Å². The van der Waals surface area contributed by atoms with Crippen LogP contribution in [0.25, 0.3) is 0 Å². The van der Waals surface area contributed by atoms with Crippen molar-refractivity contribution in [3.05, 3.63) is 12.2 Å². The van der Waals surface area contributed by atoms with Crippen molar-refractivity contribution in [1.29, 1.82) is 0 Å². The fourth-order valence-corrected chi connectivity index (χ4v) is 0.456. The number of carbonyl (C=O) groups is 1. The molecule has 0 aliphatic carbocycles. The number of hydrogen-bond donors (Lipinski definition) is 0. The summed E-state index contributed by atoms with van der Waals surface area (Å²) < 4.78 is 9.60. The summed E-state index contributed by atoms with van der Waals surface area (Å²) in [5.74, 6) is -0.337. The molecular weight excluding hydrogens is 341 g/mol. The standard InChI is InChI=1S/C7H10O3.Po.2H/c1-5(2)7(8)10-4-6-3-9-6;;;/h6H,1,3-4H2,2H3;;;. The van der Waals surface area contributed by atoms with Crippen LogP contribution in [0.3, 0.4) is 0 Å². The van der Waals surface area contributed by atoms with Gasteiger partial charge in [-0.3, -0.25) is 0 Å². The van der Waals surface area contributed by atoms with Crippen LogP contribution in [-0.2, 0) is 14.3 Å². The first kappa shape index (κ1) is 11.1. The molecule has 0 aromatic carbocycles. The zero-order chi connectivity index (χ0) is 7.56. The third-order valence-electron chi connectivity index (χ3n) is 1.15. The Bertz CT molecular complexity index is 163. The van der Waals surface area contributed by atoms with Gasteiger partial charge in [0.2, 0.25) is 0 Å². The van der Waals surface area contributed by atoms with Gasteiger partial charge in [-0.05, 0) is 6.92 Å². The molecule has 64 valence electrons. The van der Waals surface area contributed by atoms with E-state index < -0.39 is 0 Å². The Balaban J connectivity index is 0.000001000. The van der Waals surface area contributed by atoms with Crippen molar-refractivity contribution in [3.8, 4) is 0 Å². The molecular formula is C7H12O3Po. The Morgan fingerprint density at radius 3 is 2.73 bits per heavy atom. The van der Waals surface area contributed by atoms with E-state index >= 15 is 0 Å². The predicted molar refractivity (Wildman–Crippen MR) is 44.1 cm³/mol. The molecule has 3 nitrogen and oxygen atoms in total. The van der Waals surface area contributed by atoms with E-state index in [1.165, 1.54) is 0 Å². The Kier molecular flexibility index (Phi) is 4.88. The van der Waals surface area contributed by atoms with Crippen molar-refractivity contribution in [2.24, 2.45) is 0 Å². The Hall–Kier alpha value is 0.0661. The van der Waals surface area contributed by atoms with Crippen LogP contribution in [0.4, 0.5) is 0 Å². The van der Waals surface area contributed by atoms with Crippen molar-refractivity contribution in [1.82, 2.24) is 0 Å². The second kappa shape index (κ2) is 4.85. The molecule has 11 heavy (non-hydrogen) atoms. The normalized spacial score (nSPS) is 19.9. The first-order valence-corrected chi connectivity index (χ1v) is 3.14. The molecule has 0 amide bonds. The van der Waals surface area contributed by atoms with Crippen LogP contribution in [0.2, 0.25) is 0 Å². The van der Waals surface area contributed by atoms with Crippen molar-refractivity contribution in [3.63, 3.8) is 0 Å². The molecule has 0 radical (unpaired) electrons. The fraction of sp³-hybridized carbons (Fsp3) is 0.571. The molecule has 0 aromatic heterocycles. The average molecular weight is 353 g/mol. The minimum absolute atomic E-state index is 0. The van der Waals surface area contributed by atoms with Crippen molar-refractivity contribution >= 4 is 32.5 Å². The van der Waals surface area contributed by atoms with Crippen LogP contribution in [0, 0.1) is 0 Å². The van der Waals surface area contributed by atoms with Crippen molar-refractivity contribution in [2.75, 3.05) is 13.2 Å². The minimum atomic E-state index is -0.337. The monoisotopic (exact) mass is 353 g/mol. The van der Waals surface area contributed by atoms with E-state index in [-0.39, 0.29) is 38.6 Å². The van der Waals surface area contributed by atoms with Crippen LogP contribution in [0.5, 0.6) is 0 Å². The molecule has 1 unspecified atom stereocenters. The van der Waals surface area contributed by atoms with Gasteiger partial charge in [0.05, 0.1) is 6.61 Å². The van der Waals surface area contributed by atoms with Gasteiger partial charge in [-0.2, -0.15) is 0 Å². The van der Waals surface area contributed by atoms with Gasteiger partial charge >= 0.3 is 32.5 Å². The number of esters is 1. The molecule has 1 aliphatic heterocycles. The molecule has 1 heterocycles. The summed E-state index contributed by atoms with van der Waals surface area (Å²) >= 11 is 0. The molecule has 1 saturated heterocycles. The number of hydrogen-bond acceptors (Lipinski definition) is 3. The van der Waals surface area contributed by atoms with Crippen LogP contribution in [-0.4, -0.2) is 51.9 Å². The predicted octanol–water partition coefficient (Wildman–Crippen LogP) is -0.412. The summed E-state index contributed by atoms with van der Waals surface area (Å²) in [7, 11) is 0. The van der Waals surface area contributed by atoms with E-state index in [0.29, 0.717) is 18.8 Å². The van der Waals surface area contributed by atoms with Gasteiger partial charge in [0.1, 0.15) is 12.7 Å². The van der Waals surface area contributed by atoms with Crippen LogP contribution < -0.4 is 0 Å². The fourth-order valence-electron chi connectivity index (χ4n) is 0.456. The molecule has 1 rings (SSSR count). The third-order valence-corrected chi connectivity index (χ3v) is 1.15. The van der Waals surface area contributed by atoms with Gasteiger partial charge in [-0.1, -0.05) is 6.58 Å². The van der Waals surface area contributed by atoms with Gasteiger partial charge in [-0.25, -0.2) is 4.79 Å². The summed E-state index contributed by atoms with van der Waals surface area (Å²) in [6, 6.07) is 0. The number of rotatable bonds is 3. The Morgan fingerprint density at radius 2 is 2.36 bits per heavy atom. The van der Waals surface area contributed by atoms with E-state index in [1.807, 2.05) is 0 Å². The van der Waals surface area contributed by atoms with E-state index in [9.17, 15) is 4.79 Å². The summed E-state index contributed by atoms with van der Waals surface area (Å²) in [5, 5.41) is 0. The van der Waals surface area contributed by atoms with Crippen molar-refractivity contribution < 1.29 is 14.3 Å². The van der Waals surface area contributed by atoms with Gasteiger partial charge < -0.3 is 9.47 Å². The first-order chi connectivity index (χ1) is 4.70. The molecule has 0 N–H and O–H groups in total. The molecule has 0 spiro atoms. The molecule has 0 bridgehead atoms. The van der Waals surface area contributed by atoms with Crippen LogP contribution >= 0.6 is 0 Å². The van der Waals surface area contributed by atoms with E-state index in [4.69, 9.17) is 9.47 Å². The van der Waals surface area contributed by atoms with E-state index in [1.54, 1.807) is 6.92 Å². The summed E-state index contributed by atoms with van der Waals surface area (Å²) in [5.41, 5.74) is 0.431. The molecule has 1 atom stereocenters. The first-order valence-electron chi connectivity index (χ1n) is 3.14. The van der Waals surface area contributed by atoms with Gasteiger partial charge in [-0.15, -0.1) is 0 Å². The maximum atomic E-state index is 10.7. The van der Waals surface area contributed by atoms with E-state index in [0.717, 1.165) is 0 Å². The molecule has 0 saturated carbocycles. The third kappa shape index (κ3) is 4.50. The molecule has 0 aromatic rings. The topological polar surface area (TPSA) is 38.8 Å². The maximum absolute atomic E-state index is 10.7. The summed E-state index contributed by atoms with van der Waals surface area (Å²) in [6.07, 6.45) is 0.142. The van der Waals surface area contributed by atoms with Gasteiger partial charge in [0.25, 0.3) is 0 Å². The second-order valence-electron chi connectivity index (χ2n) is 2.33. The number of ether oxygens (including phenoxy) is 2. The van der Waals surface area contributed by atoms with Gasteiger partial charge in [0, 0.05) is 5.57 Å². The Labute approximate surface area is 85.2 Å². The van der Waals surface area contributed by atoms with E-state index in [2.05, 4.69) is 6.58 Å². The SMILES string of the molecule is C=C(C)C(=O)OCC1CO1.[PoH2]. The molecule has 4 heteroatoms. The van der Waals surface area contributed by atoms with Crippen LogP contribution in [0.15, 0.2) is 12.2 Å². The zero-order valence-corrected chi connectivity index (χ0v) is 10.3. The quantitative estimate of drug-likeness (QED) is 0.393. The summed E-state index contributed by atoms with van der Waals surface area (Å²) in [6.45, 7) is 6.14. The molecule has 1 fully saturated rings. The summed E-state index contributed by atoms with van der Waals surface area (Å²) in [4.78, 5) is 10.7. The molecule has 1 aliphatic rings. The van der Waals surface area contributed by atoms with Gasteiger partial charge in [0.15, 0.2) is 0 Å². The zero-order valence-electron chi connectivity index (χ0n) is 6.42. The second-order valence-corrected chi connectivity index (χ2v) is 2.33. The number of epoxide rings is 1. The number of carbonyl (C=O) groups excluding carboxylic acids is 1.